The normalized spacial score (nSPS) is 43.4. The molecule has 0 aromatic carbocycles. The molecular weight excluding hydrogens is 162 g/mol. The van der Waals surface area contributed by atoms with Crippen LogP contribution in [0, 0.1) is 5.92 Å². The molecule has 0 aromatic rings. The van der Waals surface area contributed by atoms with Crippen LogP contribution >= 0.6 is 11.6 Å². The van der Waals surface area contributed by atoms with Crippen molar-refractivity contribution in [3.05, 3.63) is 0 Å². The first-order chi connectivity index (χ1) is 5.27. The third-order valence-corrected chi connectivity index (χ3v) is 3.16. The number of piperidine rings is 1. The Morgan fingerprint density at radius 2 is 2.27 bits per heavy atom. The number of fused-ring (bicyclic) bond motifs is 1. The van der Waals surface area contributed by atoms with Crippen LogP contribution in [0.25, 0.3) is 0 Å². The minimum absolute atomic E-state index is 0.0369. The number of alkyl halides is 1. The molecule has 1 N–H and O–H groups in total. The predicted molar refractivity (Wildman–Crippen MR) is 43.5 cm³/mol. The van der Waals surface area contributed by atoms with Gasteiger partial charge in [0.25, 0.3) is 0 Å². The van der Waals surface area contributed by atoms with E-state index in [4.69, 9.17) is 11.6 Å². The number of rotatable bonds is 0. The molecule has 1 saturated heterocycles. The van der Waals surface area contributed by atoms with E-state index in [1.807, 2.05) is 0 Å². The average molecular weight is 174 g/mol. The molecule has 1 saturated carbocycles. The lowest BCUT2D eigenvalue weighted by atomic mass is 9.93. The van der Waals surface area contributed by atoms with Gasteiger partial charge in [0, 0.05) is 6.04 Å². The smallest absolute Gasteiger partial charge is 0.238 e. The van der Waals surface area contributed by atoms with E-state index in [0.717, 1.165) is 12.8 Å². The van der Waals surface area contributed by atoms with Crippen LogP contribution in [0.3, 0.4) is 0 Å². The van der Waals surface area contributed by atoms with Gasteiger partial charge in [-0.1, -0.05) is 6.42 Å². The van der Waals surface area contributed by atoms with Crippen LogP contribution in [0.4, 0.5) is 0 Å². The minimum Gasteiger partial charge on any atom is -0.352 e. The second kappa shape index (κ2) is 2.67. The second-order valence-electron chi connectivity index (χ2n) is 3.51. The zero-order chi connectivity index (χ0) is 7.84. The van der Waals surface area contributed by atoms with Crippen molar-refractivity contribution < 1.29 is 4.79 Å². The van der Waals surface area contributed by atoms with Gasteiger partial charge in [-0.2, -0.15) is 0 Å². The fourth-order valence-electron chi connectivity index (χ4n) is 2.15. The Labute approximate surface area is 71.3 Å². The Hall–Kier alpha value is -0.240. The molecule has 3 heteroatoms. The molecule has 1 heterocycles. The number of carbonyl (C=O) groups excluding carboxylic acids is 1. The Morgan fingerprint density at radius 3 is 3.09 bits per heavy atom. The van der Waals surface area contributed by atoms with Gasteiger partial charge in [0.05, 0.1) is 0 Å². The summed E-state index contributed by atoms with van der Waals surface area (Å²) < 4.78 is 0. The van der Waals surface area contributed by atoms with Gasteiger partial charge in [0.2, 0.25) is 5.91 Å². The number of hydrogen-bond acceptors (Lipinski definition) is 1. The van der Waals surface area contributed by atoms with Crippen LogP contribution in [-0.2, 0) is 4.79 Å². The van der Waals surface area contributed by atoms with Gasteiger partial charge >= 0.3 is 0 Å². The summed E-state index contributed by atoms with van der Waals surface area (Å²) in [7, 11) is 0. The van der Waals surface area contributed by atoms with Crippen molar-refractivity contribution in [1.82, 2.24) is 5.32 Å². The van der Waals surface area contributed by atoms with Crippen molar-refractivity contribution in [2.45, 2.75) is 37.1 Å². The summed E-state index contributed by atoms with van der Waals surface area (Å²) >= 11 is 5.82. The number of halogens is 1. The lowest BCUT2D eigenvalue weighted by Gasteiger charge is -2.28. The first kappa shape index (κ1) is 7.41. The largest absolute Gasteiger partial charge is 0.352 e. The molecular formula is C8H12ClNO. The van der Waals surface area contributed by atoms with Gasteiger partial charge in [-0.05, 0) is 25.2 Å². The molecule has 1 aliphatic heterocycles. The molecule has 2 rings (SSSR count). The summed E-state index contributed by atoms with van der Waals surface area (Å²) in [4.78, 5) is 11.1. The maximum atomic E-state index is 11.1. The molecule has 3 atom stereocenters. The predicted octanol–water partition coefficient (Wildman–Crippen LogP) is 1.28. The highest BCUT2D eigenvalue weighted by molar-refractivity contribution is 6.30. The molecule has 1 unspecified atom stereocenters. The Morgan fingerprint density at radius 1 is 1.45 bits per heavy atom. The number of nitrogens with one attached hydrogen (secondary N) is 1. The standard InChI is InChI=1S/C8H12ClNO/c9-6-4-5-2-1-3-7(5)10-8(6)11/h5-7H,1-4H2,(H,10,11)/t5-,6?,7+/m1/s1. The minimum atomic E-state index is -0.269. The first-order valence-corrected chi connectivity index (χ1v) is 4.65. The topological polar surface area (TPSA) is 29.1 Å². The highest BCUT2D eigenvalue weighted by Gasteiger charge is 2.36. The van der Waals surface area contributed by atoms with Crippen LogP contribution in [0.5, 0.6) is 0 Å². The molecule has 11 heavy (non-hydrogen) atoms. The molecule has 2 fully saturated rings. The van der Waals surface area contributed by atoms with Crippen molar-refractivity contribution in [3.63, 3.8) is 0 Å². The molecule has 1 aliphatic carbocycles. The summed E-state index contributed by atoms with van der Waals surface area (Å²) in [5, 5.41) is 2.69. The average Bonchev–Trinajstić information content (AvgIpc) is 2.36. The molecule has 0 bridgehead atoms. The molecule has 0 aromatic heterocycles. The van der Waals surface area contributed by atoms with Gasteiger partial charge in [-0.3, -0.25) is 4.79 Å². The van der Waals surface area contributed by atoms with E-state index in [1.165, 1.54) is 12.8 Å². The van der Waals surface area contributed by atoms with E-state index < -0.39 is 0 Å². The fourth-order valence-corrected chi connectivity index (χ4v) is 2.45. The highest BCUT2D eigenvalue weighted by Crippen LogP contribution is 2.33. The second-order valence-corrected chi connectivity index (χ2v) is 4.04. The van der Waals surface area contributed by atoms with Crippen molar-refractivity contribution in [1.29, 1.82) is 0 Å². The van der Waals surface area contributed by atoms with Crippen LogP contribution in [0.15, 0.2) is 0 Å². The lowest BCUT2D eigenvalue weighted by molar-refractivity contribution is -0.123. The number of carbonyl (C=O) groups is 1. The van der Waals surface area contributed by atoms with E-state index in [0.29, 0.717) is 12.0 Å². The maximum absolute atomic E-state index is 11.1. The van der Waals surface area contributed by atoms with E-state index in [-0.39, 0.29) is 11.3 Å². The van der Waals surface area contributed by atoms with Crippen LogP contribution in [0.1, 0.15) is 25.7 Å². The maximum Gasteiger partial charge on any atom is 0.238 e. The molecule has 0 radical (unpaired) electrons. The summed E-state index contributed by atoms with van der Waals surface area (Å²) in [6.45, 7) is 0. The Balaban J connectivity index is 2.06. The summed E-state index contributed by atoms with van der Waals surface area (Å²) in [5.74, 6) is 0.699. The van der Waals surface area contributed by atoms with E-state index in [9.17, 15) is 4.79 Å². The third-order valence-electron chi connectivity index (χ3n) is 2.78. The first-order valence-electron chi connectivity index (χ1n) is 4.22. The van der Waals surface area contributed by atoms with Crippen LogP contribution < -0.4 is 5.32 Å². The van der Waals surface area contributed by atoms with Crippen molar-refractivity contribution in [2.24, 2.45) is 5.92 Å². The van der Waals surface area contributed by atoms with Gasteiger partial charge in [-0.15, -0.1) is 11.6 Å². The molecule has 62 valence electrons. The van der Waals surface area contributed by atoms with E-state index in [2.05, 4.69) is 5.32 Å². The van der Waals surface area contributed by atoms with Crippen LogP contribution in [0.2, 0.25) is 0 Å². The molecule has 0 spiro atoms. The lowest BCUT2D eigenvalue weighted by Crippen LogP contribution is -2.47. The van der Waals surface area contributed by atoms with Gasteiger partial charge in [0.15, 0.2) is 0 Å². The van der Waals surface area contributed by atoms with Crippen LogP contribution in [-0.4, -0.2) is 17.3 Å². The zero-order valence-electron chi connectivity index (χ0n) is 6.35. The van der Waals surface area contributed by atoms with Crippen molar-refractivity contribution in [3.8, 4) is 0 Å². The molecule has 1 amide bonds. The van der Waals surface area contributed by atoms with E-state index >= 15 is 0 Å². The Kier molecular flexibility index (Phi) is 1.80. The quantitative estimate of drug-likeness (QED) is 0.550. The van der Waals surface area contributed by atoms with Crippen molar-refractivity contribution >= 4 is 17.5 Å². The fraction of sp³-hybridized carbons (Fsp3) is 0.875. The molecule has 2 nitrogen and oxygen atoms in total. The van der Waals surface area contributed by atoms with Gasteiger partial charge in [-0.25, -0.2) is 0 Å². The van der Waals surface area contributed by atoms with Crippen molar-refractivity contribution in [2.75, 3.05) is 0 Å². The highest BCUT2D eigenvalue weighted by atomic mass is 35.5. The van der Waals surface area contributed by atoms with Gasteiger partial charge in [0.1, 0.15) is 5.38 Å². The van der Waals surface area contributed by atoms with Gasteiger partial charge < -0.3 is 5.32 Å². The summed E-state index contributed by atoms with van der Waals surface area (Å²) in [5.41, 5.74) is 0. The van der Waals surface area contributed by atoms with E-state index in [1.54, 1.807) is 0 Å². The third kappa shape index (κ3) is 1.24. The number of hydrogen-bond donors (Lipinski definition) is 1. The molecule has 2 aliphatic rings. The number of amides is 1. The summed E-state index contributed by atoms with van der Waals surface area (Å²) in [6, 6.07) is 0.442. The zero-order valence-corrected chi connectivity index (χ0v) is 7.10. The monoisotopic (exact) mass is 173 g/mol. The Bertz CT molecular complexity index is 183. The SMILES string of the molecule is O=C1N[C@H]2CCC[C@@H]2CC1Cl. The summed E-state index contributed by atoms with van der Waals surface area (Å²) in [6.07, 6.45) is 4.53.